The van der Waals surface area contributed by atoms with Crippen LogP contribution in [0.3, 0.4) is 0 Å². The molecule has 27 heavy (non-hydrogen) atoms. The Morgan fingerprint density at radius 1 is 1.48 bits per heavy atom. The quantitative estimate of drug-likeness (QED) is 0.285. The number of rotatable bonds is 8. The third-order valence-electron chi connectivity index (χ3n) is 4.28. The van der Waals surface area contributed by atoms with Crippen molar-refractivity contribution in [2.45, 2.75) is 39.4 Å². The molecule has 0 amide bonds. The van der Waals surface area contributed by atoms with Crippen LogP contribution in [0.15, 0.2) is 22.5 Å². The molecule has 1 aromatic heterocycles. The molecule has 1 fully saturated rings. The summed E-state index contributed by atoms with van der Waals surface area (Å²) in [5, 5.41) is 19.2. The van der Waals surface area contributed by atoms with E-state index in [0.717, 1.165) is 37.7 Å². The number of aliphatic hydroxyl groups is 1. The Hall–Kier alpha value is -0.420. The average Bonchev–Trinajstić information content (AvgIpc) is 3.13. The van der Waals surface area contributed by atoms with E-state index in [2.05, 4.69) is 34.4 Å². The van der Waals surface area contributed by atoms with Gasteiger partial charge in [0.2, 0.25) is 0 Å². The third-order valence-corrected chi connectivity index (χ3v) is 5.41. The maximum Gasteiger partial charge on any atom is 0.191 e. The van der Waals surface area contributed by atoms with E-state index in [4.69, 9.17) is 4.74 Å². The summed E-state index contributed by atoms with van der Waals surface area (Å²) < 4.78 is 5.89. The molecule has 0 aromatic carbocycles. The van der Waals surface area contributed by atoms with Crippen molar-refractivity contribution in [2.75, 3.05) is 45.9 Å². The molecular weight excluding hydrogens is 475 g/mol. The van der Waals surface area contributed by atoms with E-state index >= 15 is 0 Å². The number of aliphatic imine (C=N–C) groups is 1. The second-order valence-electron chi connectivity index (χ2n) is 7.47. The highest BCUT2D eigenvalue weighted by molar-refractivity contribution is 14.0. The van der Waals surface area contributed by atoms with Crippen LogP contribution in [-0.4, -0.2) is 67.9 Å². The number of halogens is 1. The molecule has 2 unspecified atom stereocenters. The molecule has 1 aromatic rings. The lowest BCUT2D eigenvalue weighted by atomic mass is 10.1. The number of hydrogen-bond donors (Lipinski definition) is 3. The van der Waals surface area contributed by atoms with Crippen LogP contribution in [0.4, 0.5) is 0 Å². The summed E-state index contributed by atoms with van der Waals surface area (Å²) in [6, 6.07) is 3.89. The van der Waals surface area contributed by atoms with Crippen LogP contribution in [0.5, 0.6) is 0 Å². The van der Waals surface area contributed by atoms with Gasteiger partial charge in [0.15, 0.2) is 5.96 Å². The topological polar surface area (TPSA) is 69.1 Å². The monoisotopic (exact) mass is 510 g/mol. The van der Waals surface area contributed by atoms with Crippen LogP contribution in [0.2, 0.25) is 0 Å². The molecule has 0 radical (unpaired) electrons. The lowest BCUT2D eigenvalue weighted by Gasteiger charge is -2.34. The number of morpholine rings is 1. The molecule has 2 heterocycles. The largest absolute Gasteiger partial charge is 0.383 e. The first kappa shape index (κ1) is 24.6. The van der Waals surface area contributed by atoms with Crippen molar-refractivity contribution in [3.05, 3.63) is 22.4 Å². The molecule has 0 spiro atoms. The van der Waals surface area contributed by atoms with Crippen molar-refractivity contribution in [1.29, 1.82) is 0 Å². The smallest absolute Gasteiger partial charge is 0.191 e. The van der Waals surface area contributed by atoms with Crippen LogP contribution in [0.1, 0.15) is 32.6 Å². The number of ether oxygens (including phenoxy) is 1. The first-order valence-corrected chi connectivity index (χ1v) is 10.4. The van der Waals surface area contributed by atoms with E-state index in [1.807, 2.05) is 24.4 Å². The standard InChI is InChI=1S/C19H34N4O2S.HI/c1-5-20-18(22-14-19(4,24)17-7-6-10-26-17)21-11-16-13-23(8-9-25-16)12-15(2)3;/h6-7,10,15-16,24H,5,8-9,11-14H2,1-4H3,(H2,20,21,22);1H. The van der Waals surface area contributed by atoms with Gasteiger partial charge in [-0.1, -0.05) is 19.9 Å². The highest BCUT2D eigenvalue weighted by Gasteiger charge is 2.24. The van der Waals surface area contributed by atoms with E-state index in [9.17, 15) is 5.11 Å². The van der Waals surface area contributed by atoms with Gasteiger partial charge in [0.1, 0.15) is 5.60 Å². The van der Waals surface area contributed by atoms with Gasteiger partial charge in [-0.25, -0.2) is 4.99 Å². The number of nitrogens with one attached hydrogen (secondary N) is 2. The zero-order chi connectivity index (χ0) is 19.0. The van der Waals surface area contributed by atoms with Gasteiger partial charge in [-0.2, -0.15) is 0 Å². The van der Waals surface area contributed by atoms with Gasteiger partial charge in [0.25, 0.3) is 0 Å². The van der Waals surface area contributed by atoms with Crippen molar-refractivity contribution in [3.63, 3.8) is 0 Å². The Labute approximate surface area is 184 Å². The molecule has 156 valence electrons. The Morgan fingerprint density at radius 3 is 2.89 bits per heavy atom. The predicted octanol–water partition coefficient (Wildman–Crippen LogP) is 2.49. The highest BCUT2D eigenvalue weighted by atomic mass is 127. The number of hydrogen-bond acceptors (Lipinski definition) is 5. The van der Waals surface area contributed by atoms with Gasteiger partial charge in [-0.3, -0.25) is 4.90 Å². The summed E-state index contributed by atoms with van der Waals surface area (Å²) in [7, 11) is 0. The van der Waals surface area contributed by atoms with E-state index in [1.165, 1.54) is 0 Å². The Morgan fingerprint density at radius 2 is 2.26 bits per heavy atom. The third kappa shape index (κ3) is 8.64. The van der Waals surface area contributed by atoms with Crippen LogP contribution >= 0.6 is 35.3 Å². The van der Waals surface area contributed by atoms with Crippen LogP contribution < -0.4 is 10.6 Å². The van der Waals surface area contributed by atoms with Crippen LogP contribution in [0, 0.1) is 5.92 Å². The summed E-state index contributed by atoms with van der Waals surface area (Å²) in [4.78, 5) is 7.97. The van der Waals surface area contributed by atoms with Gasteiger partial charge in [0, 0.05) is 37.6 Å². The van der Waals surface area contributed by atoms with Crippen LogP contribution in [-0.2, 0) is 10.3 Å². The maximum absolute atomic E-state index is 10.6. The van der Waals surface area contributed by atoms with Crippen molar-refractivity contribution >= 4 is 41.3 Å². The molecule has 2 atom stereocenters. The molecule has 6 nitrogen and oxygen atoms in total. The predicted molar refractivity (Wildman–Crippen MR) is 124 cm³/mol. The van der Waals surface area contributed by atoms with E-state index in [-0.39, 0.29) is 30.1 Å². The summed E-state index contributed by atoms with van der Waals surface area (Å²) >= 11 is 1.55. The molecule has 2 rings (SSSR count). The zero-order valence-corrected chi connectivity index (χ0v) is 20.0. The molecule has 0 saturated carbocycles. The fraction of sp³-hybridized carbons (Fsp3) is 0.737. The van der Waals surface area contributed by atoms with Gasteiger partial charge in [-0.15, -0.1) is 35.3 Å². The molecule has 3 N–H and O–H groups in total. The lowest BCUT2D eigenvalue weighted by molar-refractivity contribution is -0.0284. The molecular formula is C19H35IN4O2S. The van der Waals surface area contributed by atoms with Gasteiger partial charge >= 0.3 is 0 Å². The normalized spacial score (nSPS) is 20.8. The highest BCUT2D eigenvalue weighted by Crippen LogP contribution is 2.25. The number of thiophene rings is 1. The molecule has 1 aliphatic rings. The average molecular weight is 510 g/mol. The molecule has 0 aliphatic carbocycles. The minimum absolute atomic E-state index is 0. The minimum Gasteiger partial charge on any atom is -0.383 e. The Kier molecular flexibility index (Phi) is 11.1. The first-order chi connectivity index (χ1) is 12.4. The molecule has 8 heteroatoms. The van der Waals surface area contributed by atoms with Gasteiger partial charge in [0.05, 0.1) is 19.3 Å². The Balaban J connectivity index is 0.00000364. The minimum atomic E-state index is -0.952. The van der Waals surface area contributed by atoms with E-state index < -0.39 is 5.60 Å². The van der Waals surface area contributed by atoms with Crippen molar-refractivity contribution in [2.24, 2.45) is 10.9 Å². The maximum atomic E-state index is 10.6. The number of nitrogens with zero attached hydrogens (tertiary/aromatic N) is 2. The molecule has 1 saturated heterocycles. The second-order valence-corrected chi connectivity index (χ2v) is 8.42. The fourth-order valence-electron chi connectivity index (χ4n) is 3.03. The number of guanidine groups is 1. The summed E-state index contributed by atoms with van der Waals surface area (Å²) in [5.41, 5.74) is -0.952. The summed E-state index contributed by atoms with van der Waals surface area (Å²) in [5.74, 6) is 1.38. The van der Waals surface area contributed by atoms with Crippen LogP contribution in [0.25, 0.3) is 0 Å². The molecule has 0 bridgehead atoms. The zero-order valence-electron chi connectivity index (χ0n) is 16.9. The van der Waals surface area contributed by atoms with Crippen molar-refractivity contribution < 1.29 is 9.84 Å². The first-order valence-electron chi connectivity index (χ1n) is 9.53. The summed E-state index contributed by atoms with van der Waals surface area (Å²) in [6.07, 6.45) is 0.157. The van der Waals surface area contributed by atoms with E-state index in [0.29, 0.717) is 25.0 Å². The molecule has 1 aliphatic heterocycles. The van der Waals surface area contributed by atoms with Gasteiger partial charge in [-0.05, 0) is 31.2 Å². The van der Waals surface area contributed by atoms with Gasteiger partial charge < -0.3 is 20.5 Å². The van der Waals surface area contributed by atoms with E-state index in [1.54, 1.807) is 18.3 Å². The second kappa shape index (κ2) is 12.2. The summed E-state index contributed by atoms with van der Waals surface area (Å²) in [6.45, 7) is 14.0. The lowest BCUT2D eigenvalue weighted by Crippen LogP contribution is -2.50. The fourth-order valence-corrected chi connectivity index (χ4v) is 3.81. The van der Waals surface area contributed by atoms with Crippen molar-refractivity contribution in [3.8, 4) is 0 Å². The van der Waals surface area contributed by atoms with Crippen molar-refractivity contribution in [1.82, 2.24) is 15.5 Å². The Bertz CT molecular complexity index is 552. The SMILES string of the molecule is CCNC(=NCC(C)(O)c1cccs1)NCC1CN(CC(C)C)CCO1.I.